The quantitative estimate of drug-likeness (QED) is 0.675. The first-order chi connectivity index (χ1) is 10.3. The van der Waals surface area contributed by atoms with Crippen molar-refractivity contribution in [3.8, 4) is 5.75 Å². The Labute approximate surface area is 128 Å². The third-order valence-electron chi connectivity index (χ3n) is 3.26. The van der Waals surface area contributed by atoms with Crippen LogP contribution in [0.3, 0.4) is 0 Å². The van der Waals surface area contributed by atoms with Gasteiger partial charge in [0.25, 0.3) is 0 Å². The molecule has 2 aromatic heterocycles. The molecule has 0 aliphatic rings. The summed E-state index contributed by atoms with van der Waals surface area (Å²) in [6.07, 6.45) is 3.69. The second-order valence-corrected chi connectivity index (χ2v) is 5.78. The Bertz CT molecular complexity index is 759. The Morgan fingerprint density at radius 2 is 2.10 bits per heavy atom. The monoisotopic (exact) mass is 296 g/mol. The first-order valence-electron chi connectivity index (χ1n) is 6.73. The van der Waals surface area contributed by atoms with Crippen molar-refractivity contribution in [2.45, 2.75) is 17.7 Å². The number of fused-ring (bicyclic) bond motifs is 1. The molecule has 0 saturated carbocycles. The molecule has 4 heteroatoms. The lowest BCUT2D eigenvalue weighted by Gasteiger charge is -2.08. The highest BCUT2D eigenvalue weighted by Crippen LogP contribution is 2.28. The number of thioether (sulfide) groups is 1. The number of methoxy groups -OCH3 is 1. The van der Waals surface area contributed by atoms with Gasteiger partial charge in [0, 0.05) is 23.5 Å². The molecule has 21 heavy (non-hydrogen) atoms. The smallest absolute Gasteiger partial charge is 0.119 e. The summed E-state index contributed by atoms with van der Waals surface area (Å²) in [6.45, 7) is 2.09. The van der Waals surface area contributed by atoms with E-state index in [0.717, 1.165) is 27.4 Å². The van der Waals surface area contributed by atoms with Crippen molar-refractivity contribution in [1.29, 1.82) is 0 Å². The molecule has 106 valence electrons. The average molecular weight is 296 g/mol. The molecule has 0 bridgehead atoms. The topological polar surface area (TPSA) is 35.0 Å². The Balaban J connectivity index is 1.87. The van der Waals surface area contributed by atoms with Crippen molar-refractivity contribution < 1.29 is 4.74 Å². The molecule has 3 rings (SSSR count). The molecular formula is C17H16N2OS. The molecule has 0 amide bonds. The van der Waals surface area contributed by atoms with E-state index in [1.54, 1.807) is 25.1 Å². The summed E-state index contributed by atoms with van der Waals surface area (Å²) >= 11 is 1.74. The van der Waals surface area contributed by atoms with Gasteiger partial charge in [-0.2, -0.15) is 0 Å². The van der Waals surface area contributed by atoms with Crippen LogP contribution in [0.5, 0.6) is 5.75 Å². The lowest BCUT2D eigenvalue weighted by Crippen LogP contribution is -1.90. The lowest BCUT2D eigenvalue weighted by atomic mass is 10.1. The van der Waals surface area contributed by atoms with Gasteiger partial charge in [-0.1, -0.05) is 6.07 Å². The summed E-state index contributed by atoms with van der Waals surface area (Å²) in [5, 5.41) is 2.18. The van der Waals surface area contributed by atoms with Crippen LogP contribution in [-0.2, 0) is 5.75 Å². The van der Waals surface area contributed by atoms with Gasteiger partial charge in [-0.3, -0.25) is 4.98 Å². The number of rotatable bonds is 4. The fourth-order valence-electron chi connectivity index (χ4n) is 2.15. The van der Waals surface area contributed by atoms with Crippen LogP contribution in [0.15, 0.2) is 53.8 Å². The number of benzene rings is 1. The Kier molecular flexibility index (Phi) is 4.06. The van der Waals surface area contributed by atoms with Gasteiger partial charge >= 0.3 is 0 Å². The van der Waals surface area contributed by atoms with Crippen molar-refractivity contribution in [2.75, 3.05) is 7.11 Å². The summed E-state index contributed by atoms with van der Waals surface area (Å²) in [7, 11) is 1.68. The van der Waals surface area contributed by atoms with Gasteiger partial charge < -0.3 is 4.74 Å². The van der Waals surface area contributed by atoms with E-state index < -0.39 is 0 Å². The molecule has 0 aliphatic carbocycles. The number of hydrogen-bond donors (Lipinski definition) is 0. The number of aromatic nitrogens is 2. The molecule has 3 aromatic rings. The molecule has 0 saturated heterocycles. The van der Waals surface area contributed by atoms with Crippen molar-refractivity contribution in [3.63, 3.8) is 0 Å². The van der Waals surface area contributed by atoms with Gasteiger partial charge in [0.2, 0.25) is 0 Å². The van der Waals surface area contributed by atoms with Crippen LogP contribution >= 0.6 is 11.8 Å². The minimum atomic E-state index is 0.861. The number of ether oxygens (including phenoxy) is 1. The van der Waals surface area contributed by atoms with Gasteiger partial charge in [0.15, 0.2) is 0 Å². The number of aryl methyl sites for hydroxylation is 1. The van der Waals surface area contributed by atoms with Gasteiger partial charge in [-0.15, -0.1) is 11.8 Å². The van der Waals surface area contributed by atoms with Gasteiger partial charge in [-0.25, -0.2) is 4.98 Å². The molecule has 0 unspecified atom stereocenters. The second-order valence-electron chi connectivity index (χ2n) is 4.82. The van der Waals surface area contributed by atoms with Crippen LogP contribution < -0.4 is 4.74 Å². The van der Waals surface area contributed by atoms with Crippen LogP contribution in [0.1, 0.15) is 11.1 Å². The van der Waals surface area contributed by atoms with Crippen molar-refractivity contribution in [1.82, 2.24) is 9.97 Å². The van der Waals surface area contributed by atoms with E-state index in [2.05, 4.69) is 24.0 Å². The van der Waals surface area contributed by atoms with E-state index in [4.69, 9.17) is 9.72 Å². The summed E-state index contributed by atoms with van der Waals surface area (Å²) in [6, 6.07) is 12.2. The van der Waals surface area contributed by atoms with Crippen molar-refractivity contribution >= 4 is 22.7 Å². The van der Waals surface area contributed by atoms with Crippen LogP contribution in [0.25, 0.3) is 10.9 Å². The molecule has 1 aromatic carbocycles. The van der Waals surface area contributed by atoms with E-state index in [1.165, 1.54) is 11.1 Å². The Hall–Kier alpha value is -2.07. The highest BCUT2D eigenvalue weighted by molar-refractivity contribution is 7.98. The average Bonchev–Trinajstić information content (AvgIpc) is 2.53. The zero-order valence-corrected chi connectivity index (χ0v) is 12.9. The fraction of sp³-hybridized carbons (Fsp3) is 0.176. The predicted molar refractivity (Wildman–Crippen MR) is 86.8 cm³/mol. The van der Waals surface area contributed by atoms with E-state index in [0.29, 0.717) is 0 Å². The molecule has 0 spiro atoms. The van der Waals surface area contributed by atoms with Crippen LogP contribution in [0.4, 0.5) is 0 Å². The van der Waals surface area contributed by atoms with E-state index in [1.807, 2.05) is 30.5 Å². The predicted octanol–water partition coefficient (Wildman–Crippen LogP) is 4.24. The molecule has 0 radical (unpaired) electrons. The Morgan fingerprint density at radius 1 is 1.19 bits per heavy atom. The first kappa shape index (κ1) is 13.9. The van der Waals surface area contributed by atoms with E-state index >= 15 is 0 Å². The van der Waals surface area contributed by atoms with Crippen molar-refractivity contribution in [3.05, 3.63) is 59.9 Å². The normalized spacial score (nSPS) is 10.8. The first-order valence-corrected chi connectivity index (χ1v) is 7.72. The SMILES string of the molecule is COc1ccc2nc(SCc3cccnc3)c(C)cc2c1. The Morgan fingerprint density at radius 3 is 2.86 bits per heavy atom. The number of nitrogens with zero attached hydrogens (tertiary/aromatic N) is 2. The zero-order chi connectivity index (χ0) is 14.7. The second kappa shape index (κ2) is 6.14. The molecule has 3 nitrogen and oxygen atoms in total. The summed E-state index contributed by atoms with van der Waals surface area (Å²) in [5.41, 5.74) is 3.39. The highest BCUT2D eigenvalue weighted by Gasteiger charge is 2.06. The van der Waals surface area contributed by atoms with Crippen LogP contribution in [0.2, 0.25) is 0 Å². The largest absolute Gasteiger partial charge is 0.497 e. The van der Waals surface area contributed by atoms with Gasteiger partial charge in [0.05, 0.1) is 17.7 Å². The van der Waals surface area contributed by atoms with Gasteiger partial charge in [0.1, 0.15) is 5.75 Å². The standard InChI is InChI=1S/C17H16N2OS/c1-12-8-14-9-15(20-2)5-6-16(14)19-17(12)21-11-13-4-3-7-18-10-13/h3-10H,11H2,1-2H3. The third-order valence-corrected chi connectivity index (χ3v) is 4.43. The molecule has 0 atom stereocenters. The molecule has 2 heterocycles. The number of pyridine rings is 2. The lowest BCUT2D eigenvalue weighted by molar-refractivity contribution is 0.415. The zero-order valence-electron chi connectivity index (χ0n) is 12.0. The van der Waals surface area contributed by atoms with Crippen molar-refractivity contribution in [2.24, 2.45) is 0 Å². The molecule has 0 N–H and O–H groups in total. The third kappa shape index (κ3) is 3.16. The maximum absolute atomic E-state index is 5.26. The van der Waals surface area contributed by atoms with Crippen LogP contribution in [-0.4, -0.2) is 17.1 Å². The molecular weight excluding hydrogens is 280 g/mol. The summed E-state index contributed by atoms with van der Waals surface area (Å²) < 4.78 is 5.26. The fourth-order valence-corrected chi connectivity index (χ4v) is 3.07. The maximum atomic E-state index is 5.26. The molecule has 0 aliphatic heterocycles. The summed E-state index contributed by atoms with van der Waals surface area (Å²) in [4.78, 5) is 8.89. The van der Waals surface area contributed by atoms with E-state index in [-0.39, 0.29) is 0 Å². The summed E-state index contributed by atoms with van der Waals surface area (Å²) in [5.74, 6) is 1.74. The molecule has 0 fully saturated rings. The maximum Gasteiger partial charge on any atom is 0.119 e. The number of hydrogen-bond acceptors (Lipinski definition) is 4. The highest BCUT2D eigenvalue weighted by atomic mass is 32.2. The minimum absolute atomic E-state index is 0.861. The minimum Gasteiger partial charge on any atom is -0.497 e. The van der Waals surface area contributed by atoms with Gasteiger partial charge in [-0.05, 0) is 48.4 Å². The van der Waals surface area contributed by atoms with Crippen LogP contribution in [0, 0.1) is 6.92 Å². The van der Waals surface area contributed by atoms with E-state index in [9.17, 15) is 0 Å².